The van der Waals surface area contributed by atoms with Crippen molar-refractivity contribution in [3.05, 3.63) is 29.6 Å². The van der Waals surface area contributed by atoms with Gasteiger partial charge in [0, 0.05) is 36.4 Å². The molecule has 1 aromatic rings. The van der Waals surface area contributed by atoms with Gasteiger partial charge in [-0.25, -0.2) is 0 Å². The van der Waals surface area contributed by atoms with Crippen molar-refractivity contribution >= 4 is 0 Å². The lowest BCUT2D eigenvalue weighted by Gasteiger charge is -2.33. The Morgan fingerprint density at radius 1 is 1.38 bits per heavy atom. The van der Waals surface area contributed by atoms with E-state index < -0.39 is 0 Å². The van der Waals surface area contributed by atoms with Crippen LogP contribution in [0.1, 0.15) is 56.7 Å². The summed E-state index contributed by atoms with van der Waals surface area (Å²) in [5.74, 6) is 1.20. The number of ether oxygens (including phenoxy) is 1. The average Bonchev–Trinajstić information content (AvgIpc) is 3.15. The van der Waals surface area contributed by atoms with Crippen LogP contribution < -0.4 is 5.32 Å². The summed E-state index contributed by atoms with van der Waals surface area (Å²) in [4.78, 5) is 4.71. The molecule has 0 saturated carbocycles. The topological polar surface area (TPSA) is 34.2 Å². The van der Waals surface area contributed by atoms with Gasteiger partial charge in [-0.3, -0.25) is 4.98 Å². The van der Waals surface area contributed by atoms with Crippen LogP contribution in [0.3, 0.4) is 0 Å². The van der Waals surface area contributed by atoms with Crippen molar-refractivity contribution in [3.63, 3.8) is 0 Å². The number of rotatable bonds is 6. The SMILES string of the molecule is CCCNC(C1CCc2cccnc21)C1CCOC1CC. The molecule has 2 aliphatic rings. The molecule has 116 valence electrons. The molecule has 1 aliphatic carbocycles. The van der Waals surface area contributed by atoms with E-state index in [1.807, 2.05) is 6.20 Å². The van der Waals surface area contributed by atoms with Gasteiger partial charge in [0.1, 0.15) is 0 Å². The van der Waals surface area contributed by atoms with Gasteiger partial charge in [0.05, 0.1) is 6.10 Å². The normalized spacial score (nSPS) is 29.5. The highest BCUT2D eigenvalue weighted by Gasteiger charge is 2.40. The van der Waals surface area contributed by atoms with Gasteiger partial charge >= 0.3 is 0 Å². The summed E-state index contributed by atoms with van der Waals surface area (Å²) in [6.07, 6.45) is 8.30. The van der Waals surface area contributed by atoms with Crippen LogP contribution in [0.2, 0.25) is 0 Å². The molecule has 0 amide bonds. The first-order chi connectivity index (χ1) is 10.3. The number of hydrogen-bond donors (Lipinski definition) is 1. The lowest BCUT2D eigenvalue weighted by atomic mass is 9.81. The number of pyridine rings is 1. The highest BCUT2D eigenvalue weighted by atomic mass is 16.5. The van der Waals surface area contributed by atoms with Crippen LogP contribution in [0.4, 0.5) is 0 Å². The van der Waals surface area contributed by atoms with Crippen LogP contribution >= 0.6 is 0 Å². The molecule has 0 bridgehead atoms. The molecule has 3 heteroatoms. The third kappa shape index (κ3) is 3.00. The van der Waals surface area contributed by atoms with E-state index in [4.69, 9.17) is 9.72 Å². The predicted molar refractivity (Wildman–Crippen MR) is 85.5 cm³/mol. The van der Waals surface area contributed by atoms with Gasteiger partial charge in [0.2, 0.25) is 0 Å². The van der Waals surface area contributed by atoms with E-state index in [0.717, 1.165) is 19.6 Å². The largest absolute Gasteiger partial charge is 0.378 e. The Kier molecular flexibility index (Phi) is 4.91. The summed E-state index contributed by atoms with van der Waals surface area (Å²) in [7, 11) is 0. The zero-order valence-corrected chi connectivity index (χ0v) is 13.3. The van der Waals surface area contributed by atoms with Crippen molar-refractivity contribution in [1.82, 2.24) is 10.3 Å². The summed E-state index contributed by atoms with van der Waals surface area (Å²) >= 11 is 0. The minimum atomic E-state index is 0.423. The molecule has 1 N–H and O–H groups in total. The maximum absolute atomic E-state index is 5.96. The maximum atomic E-state index is 5.96. The Hall–Kier alpha value is -0.930. The fourth-order valence-electron chi connectivity index (χ4n) is 4.19. The molecule has 0 aromatic carbocycles. The second-order valence-corrected chi connectivity index (χ2v) is 6.44. The Balaban J connectivity index is 1.83. The van der Waals surface area contributed by atoms with Crippen LogP contribution in [0, 0.1) is 5.92 Å². The summed E-state index contributed by atoms with van der Waals surface area (Å²) in [5, 5.41) is 3.84. The van der Waals surface area contributed by atoms with Gasteiger partial charge in [-0.05, 0) is 50.3 Å². The van der Waals surface area contributed by atoms with Crippen molar-refractivity contribution < 1.29 is 4.74 Å². The van der Waals surface area contributed by atoms with E-state index in [-0.39, 0.29) is 0 Å². The van der Waals surface area contributed by atoms with Crippen molar-refractivity contribution in [2.24, 2.45) is 5.92 Å². The predicted octanol–water partition coefficient (Wildman–Crippen LogP) is 3.29. The fourth-order valence-corrected chi connectivity index (χ4v) is 4.19. The zero-order valence-electron chi connectivity index (χ0n) is 13.3. The molecule has 1 fully saturated rings. The Labute approximate surface area is 128 Å². The summed E-state index contributed by atoms with van der Waals surface area (Å²) < 4.78 is 5.96. The molecule has 4 atom stereocenters. The van der Waals surface area contributed by atoms with E-state index in [0.29, 0.717) is 24.0 Å². The number of aromatic nitrogens is 1. The number of hydrogen-bond acceptors (Lipinski definition) is 3. The first-order valence-electron chi connectivity index (χ1n) is 8.63. The molecule has 21 heavy (non-hydrogen) atoms. The quantitative estimate of drug-likeness (QED) is 0.872. The van der Waals surface area contributed by atoms with Gasteiger partial charge in [-0.15, -0.1) is 0 Å². The molecule has 0 spiro atoms. The molecule has 3 nitrogen and oxygen atoms in total. The highest BCUT2D eigenvalue weighted by Crippen LogP contribution is 2.40. The molecule has 4 unspecified atom stereocenters. The van der Waals surface area contributed by atoms with E-state index in [1.165, 1.54) is 36.9 Å². The smallest absolute Gasteiger partial charge is 0.0616 e. The van der Waals surface area contributed by atoms with Crippen molar-refractivity contribution in [2.45, 2.75) is 64.0 Å². The van der Waals surface area contributed by atoms with Gasteiger partial charge in [0.25, 0.3) is 0 Å². The molecule has 2 heterocycles. The second-order valence-electron chi connectivity index (χ2n) is 6.44. The maximum Gasteiger partial charge on any atom is 0.0616 e. The molecule has 1 aliphatic heterocycles. The van der Waals surface area contributed by atoms with E-state index >= 15 is 0 Å². The van der Waals surface area contributed by atoms with Gasteiger partial charge in [-0.2, -0.15) is 0 Å². The molecule has 3 rings (SSSR count). The van der Waals surface area contributed by atoms with Gasteiger partial charge in [-0.1, -0.05) is 19.9 Å². The molecule has 0 radical (unpaired) electrons. The van der Waals surface area contributed by atoms with Crippen molar-refractivity contribution in [3.8, 4) is 0 Å². The summed E-state index contributed by atoms with van der Waals surface area (Å²) in [6, 6.07) is 4.85. The number of nitrogens with one attached hydrogen (secondary N) is 1. The monoisotopic (exact) mass is 288 g/mol. The Morgan fingerprint density at radius 3 is 3.10 bits per heavy atom. The molecule has 1 aromatic heterocycles. The highest BCUT2D eigenvalue weighted by molar-refractivity contribution is 5.30. The standard InChI is InChI=1S/C18H28N2O/c1-3-10-19-18(14-9-12-21-16(14)4-2)15-8-7-13-6-5-11-20-17(13)15/h5-6,11,14-16,18-19H,3-4,7-10,12H2,1-2H3. The van der Waals surface area contributed by atoms with Crippen molar-refractivity contribution in [1.29, 1.82) is 0 Å². The van der Waals surface area contributed by atoms with Crippen LogP contribution in [0.5, 0.6) is 0 Å². The second kappa shape index (κ2) is 6.89. The van der Waals surface area contributed by atoms with Crippen LogP contribution in [0.25, 0.3) is 0 Å². The third-order valence-electron chi connectivity index (χ3n) is 5.19. The lowest BCUT2D eigenvalue weighted by molar-refractivity contribution is 0.0738. The minimum absolute atomic E-state index is 0.423. The Morgan fingerprint density at radius 2 is 2.29 bits per heavy atom. The van der Waals surface area contributed by atoms with E-state index in [2.05, 4.69) is 31.3 Å². The lowest BCUT2D eigenvalue weighted by Crippen LogP contribution is -2.44. The van der Waals surface area contributed by atoms with Crippen LogP contribution in [-0.4, -0.2) is 30.3 Å². The molecular weight excluding hydrogens is 260 g/mol. The number of fused-ring (bicyclic) bond motifs is 1. The molecular formula is C18H28N2O. The summed E-state index contributed by atoms with van der Waals surface area (Å²) in [6.45, 7) is 6.51. The van der Waals surface area contributed by atoms with Gasteiger partial charge in [0.15, 0.2) is 0 Å². The minimum Gasteiger partial charge on any atom is -0.378 e. The fraction of sp³-hybridized carbons (Fsp3) is 0.722. The Bertz CT molecular complexity index is 462. The van der Waals surface area contributed by atoms with Crippen LogP contribution in [-0.2, 0) is 11.2 Å². The number of nitrogens with zero attached hydrogens (tertiary/aromatic N) is 1. The molecule has 1 saturated heterocycles. The van der Waals surface area contributed by atoms with Crippen molar-refractivity contribution in [2.75, 3.05) is 13.2 Å². The van der Waals surface area contributed by atoms with Crippen LogP contribution in [0.15, 0.2) is 18.3 Å². The number of aryl methyl sites for hydroxylation is 1. The first-order valence-corrected chi connectivity index (χ1v) is 8.63. The average molecular weight is 288 g/mol. The first kappa shape index (κ1) is 15.0. The van der Waals surface area contributed by atoms with E-state index in [9.17, 15) is 0 Å². The summed E-state index contributed by atoms with van der Waals surface area (Å²) in [5.41, 5.74) is 2.80. The third-order valence-corrected chi connectivity index (χ3v) is 5.19. The zero-order chi connectivity index (χ0) is 14.7. The van der Waals surface area contributed by atoms with Gasteiger partial charge < -0.3 is 10.1 Å². The van der Waals surface area contributed by atoms with E-state index in [1.54, 1.807) is 0 Å².